The molecule has 3 aromatic rings. The van der Waals surface area contributed by atoms with Crippen molar-refractivity contribution in [2.45, 2.75) is 20.4 Å². The van der Waals surface area contributed by atoms with Crippen LogP contribution in [0.4, 0.5) is 5.69 Å². The van der Waals surface area contributed by atoms with Gasteiger partial charge in [-0.3, -0.25) is 4.79 Å². The number of benzene rings is 1. The summed E-state index contributed by atoms with van der Waals surface area (Å²) in [6.07, 6.45) is 1.50. The first kappa shape index (κ1) is 15.3. The summed E-state index contributed by atoms with van der Waals surface area (Å²) >= 11 is 5.98. The third kappa shape index (κ3) is 3.12. The molecule has 0 atom stereocenters. The summed E-state index contributed by atoms with van der Waals surface area (Å²) in [5.41, 5.74) is 4.13. The van der Waals surface area contributed by atoms with Crippen LogP contribution in [0.5, 0.6) is 0 Å². The number of rotatable bonds is 4. The Labute approximate surface area is 138 Å². The van der Waals surface area contributed by atoms with E-state index in [4.69, 9.17) is 11.6 Å². The van der Waals surface area contributed by atoms with Gasteiger partial charge in [0.15, 0.2) is 0 Å². The van der Waals surface area contributed by atoms with Crippen LogP contribution >= 0.6 is 11.6 Å². The highest BCUT2D eigenvalue weighted by atomic mass is 35.5. The Morgan fingerprint density at radius 1 is 1.30 bits per heavy atom. The second kappa shape index (κ2) is 6.26. The van der Waals surface area contributed by atoms with Gasteiger partial charge in [-0.05, 0) is 31.5 Å². The number of H-pyrrole nitrogens is 1. The first-order valence-corrected chi connectivity index (χ1v) is 7.52. The summed E-state index contributed by atoms with van der Waals surface area (Å²) in [6, 6.07) is 9.98. The molecular formula is C16H16ClN5O. The summed E-state index contributed by atoms with van der Waals surface area (Å²) in [7, 11) is 0. The lowest BCUT2D eigenvalue weighted by atomic mass is 10.1. The van der Waals surface area contributed by atoms with Gasteiger partial charge in [0.05, 0.1) is 23.3 Å². The van der Waals surface area contributed by atoms with Crippen LogP contribution in [0.15, 0.2) is 41.3 Å². The third-order valence-electron chi connectivity index (χ3n) is 3.49. The van der Waals surface area contributed by atoms with Crippen molar-refractivity contribution in [3.8, 4) is 5.69 Å². The molecule has 2 heterocycles. The molecule has 7 heteroatoms. The van der Waals surface area contributed by atoms with Crippen molar-refractivity contribution in [3.05, 3.63) is 68.9 Å². The Kier molecular flexibility index (Phi) is 4.16. The first-order chi connectivity index (χ1) is 11.1. The van der Waals surface area contributed by atoms with Crippen molar-refractivity contribution >= 4 is 17.3 Å². The molecule has 23 heavy (non-hydrogen) atoms. The van der Waals surface area contributed by atoms with Gasteiger partial charge in [-0.25, -0.2) is 9.78 Å². The lowest BCUT2D eigenvalue weighted by molar-refractivity contribution is 0.821. The minimum Gasteiger partial charge on any atom is -0.378 e. The van der Waals surface area contributed by atoms with Crippen LogP contribution in [0.2, 0.25) is 5.02 Å². The summed E-state index contributed by atoms with van der Waals surface area (Å²) < 4.78 is 1.91. The standard InChI is InChI=1S/C16H16ClN5O/c1-10-7-11(2)22(21-10)14-6-4-3-5-12(14)8-18-13-9-19-20-16(23)15(13)17/h3-7,9H,8H2,1-2H3,(H2,18,20,23). The van der Waals surface area contributed by atoms with Gasteiger partial charge < -0.3 is 5.32 Å². The lowest BCUT2D eigenvalue weighted by Crippen LogP contribution is -2.13. The van der Waals surface area contributed by atoms with Gasteiger partial charge >= 0.3 is 0 Å². The number of halogens is 1. The molecule has 0 saturated heterocycles. The minimum atomic E-state index is -0.413. The molecule has 2 N–H and O–H groups in total. The van der Waals surface area contributed by atoms with Gasteiger partial charge in [-0.1, -0.05) is 29.8 Å². The van der Waals surface area contributed by atoms with Crippen molar-refractivity contribution in [1.82, 2.24) is 20.0 Å². The van der Waals surface area contributed by atoms with Gasteiger partial charge in [-0.15, -0.1) is 0 Å². The second-order valence-corrected chi connectivity index (χ2v) is 5.63. The third-order valence-corrected chi connectivity index (χ3v) is 3.87. The van der Waals surface area contributed by atoms with Gasteiger partial charge in [0, 0.05) is 12.2 Å². The number of hydrogen-bond acceptors (Lipinski definition) is 4. The van der Waals surface area contributed by atoms with Crippen molar-refractivity contribution in [1.29, 1.82) is 0 Å². The zero-order chi connectivity index (χ0) is 16.4. The van der Waals surface area contributed by atoms with Crippen LogP contribution < -0.4 is 10.9 Å². The Morgan fingerprint density at radius 3 is 2.83 bits per heavy atom. The fourth-order valence-corrected chi connectivity index (χ4v) is 2.59. The van der Waals surface area contributed by atoms with E-state index in [0.29, 0.717) is 12.2 Å². The normalized spacial score (nSPS) is 10.7. The number of hydrogen-bond donors (Lipinski definition) is 2. The van der Waals surface area contributed by atoms with E-state index in [-0.39, 0.29) is 5.02 Å². The molecule has 0 aliphatic heterocycles. The SMILES string of the molecule is Cc1cc(C)n(-c2ccccc2CNc2cn[nH]c(=O)c2Cl)n1. The highest BCUT2D eigenvalue weighted by molar-refractivity contribution is 6.32. The van der Waals surface area contributed by atoms with E-state index in [2.05, 4.69) is 20.6 Å². The van der Waals surface area contributed by atoms with Crippen LogP contribution in [-0.2, 0) is 6.54 Å². The molecule has 1 aromatic carbocycles. The van der Waals surface area contributed by atoms with Crippen molar-refractivity contribution in [2.24, 2.45) is 0 Å². The van der Waals surface area contributed by atoms with Crippen LogP contribution in [0.3, 0.4) is 0 Å². The van der Waals surface area contributed by atoms with Crippen LogP contribution in [0, 0.1) is 13.8 Å². The monoisotopic (exact) mass is 329 g/mol. The van der Waals surface area contributed by atoms with Crippen LogP contribution in [0.25, 0.3) is 5.69 Å². The van der Waals surface area contributed by atoms with E-state index in [1.165, 1.54) is 6.20 Å². The molecule has 0 aliphatic rings. The molecule has 0 radical (unpaired) electrons. The number of nitrogens with one attached hydrogen (secondary N) is 2. The molecule has 0 unspecified atom stereocenters. The summed E-state index contributed by atoms with van der Waals surface area (Å²) in [4.78, 5) is 11.5. The first-order valence-electron chi connectivity index (χ1n) is 7.15. The number of aromatic amines is 1. The van der Waals surface area contributed by atoms with Gasteiger partial charge in [-0.2, -0.15) is 10.2 Å². The average Bonchev–Trinajstić information content (AvgIpc) is 2.87. The number of para-hydroxylation sites is 1. The van der Waals surface area contributed by atoms with Crippen LogP contribution in [-0.4, -0.2) is 20.0 Å². The highest BCUT2D eigenvalue weighted by Crippen LogP contribution is 2.20. The maximum Gasteiger partial charge on any atom is 0.285 e. The van der Waals surface area contributed by atoms with Gasteiger partial charge in [0.1, 0.15) is 5.02 Å². The van der Waals surface area contributed by atoms with E-state index in [9.17, 15) is 4.79 Å². The largest absolute Gasteiger partial charge is 0.378 e. The zero-order valence-corrected chi connectivity index (χ0v) is 13.6. The molecule has 6 nitrogen and oxygen atoms in total. The van der Waals surface area contributed by atoms with E-state index in [1.54, 1.807) is 0 Å². The molecular weight excluding hydrogens is 314 g/mol. The minimum absolute atomic E-state index is 0.101. The maximum absolute atomic E-state index is 11.5. The van der Waals surface area contributed by atoms with Crippen molar-refractivity contribution in [2.75, 3.05) is 5.32 Å². The molecule has 0 fully saturated rings. The quantitative estimate of drug-likeness (QED) is 0.771. The molecule has 0 spiro atoms. The molecule has 0 bridgehead atoms. The summed E-state index contributed by atoms with van der Waals surface area (Å²) in [5.74, 6) is 0. The van der Waals surface area contributed by atoms with Crippen LogP contribution in [0.1, 0.15) is 17.0 Å². The Morgan fingerprint density at radius 2 is 2.09 bits per heavy atom. The van der Waals surface area contributed by atoms with Crippen molar-refractivity contribution < 1.29 is 0 Å². The lowest BCUT2D eigenvalue weighted by Gasteiger charge is -2.13. The molecule has 0 amide bonds. The predicted octanol–water partition coefficient (Wildman–Crippen LogP) is 2.84. The van der Waals surface area contributed by atoms with E-state index in [1.807, 2.05) is 48.9 Å². The van der Waals surface area contributed by atoms with Gasteiger partial charge in [0.25, 0.3) is 5.56 Å². The average molecular weight is 330 g/mol. The molecule has 3 rings (SSSR count). The molecule has 2 aromatic heterocycles. The molecule has 0 aliphatic carbocycles. The molecule has 0 saturated carbocycles. The van der Waals surface area contributed by atoms with E-state index < -0.39 is 5.56 Å². The Hall–Kier alpha value is -2.60. The highest BCUT2D eigenvalue weighted by Gasteiger charge is 2.10. The number of aromatic nitrogens is 4. The topological polar surface area (TPSA) is 75.6 Å². The predicted molar refractivity (Wildman–Crippen MR) is 90.2 cm³/mol. The number of anilines is 1. The smallest absolute Gasteiger partial charge is 0.285 e. The number of aryl methyl sites for hydroxylation is 2. The van der Waals surface area contributed by atoms with Gasteiger partial charge in [0.2, 0.25) is 0 Å². The Balaban J connectivity index is 1.91. The maximum atomic E-state index is 11.5. The fraction of sp³-hybridized carbons (Fsp3) is 0.188. The second-order valence-electron chi connectivity index (χ2n) is 5.25. The summed E-state index contributed by atoms with van der Waals surface area (Å²) in [5, 5.41) is 13.8. The molecule has 118 valence electrons. The Bertz CT molecular complexity index is 899. The van der Waals surface area contributed by atoms with E-state index in [0.717, 1.165) is 22.6 Å². The zero-order valence-electron chi connectivity index (χ0n) is 12.8. The fourth-order valence-electron chi connectivity index (χ4n) is 2.44. The number of nitrogens with zero attached hydrogens (tertiary/aromatic N) is 3. The summed E-state index contributed by atoms with van der Waals surface area (Å²) in [6.45, 7) is 4.48. The van der Waals surface area contributed by atoms with E-state index >= 15 is 0 Å². The van der Waals surface area contributed by atoms with Crippen molar-refractivity contribution in [3.63, 3.8) is 0 Å².